The second kappa shape index (κ2) is 8.80. The summed E-state index contributed by atoms with van der Waals surface area (Å²) < 4.78 is 0. The van der Waals surface area contributed by atoms with Crippen LogP contribution in [0.4, 0.5) is 5.69 Å². The van der Waals surface area contributed by atoms with Crippen LogP contribution in [-0.2, 0) is 0 Å². The Morgan fingerprint density at radius 1 is 0.636 bits per heavy atom. The zero-order valence-corrected chi connectivity index (χ0v) is 17.2. The summed E-state index contributed by atoms with van der Waals surface area (Å²) in [6, 6.07) is 19.1. The highest BCUT2D eigenvalue weighted by Crippen LogP contribution is 2.27. The zero-order chi connectivity index (χ0) is 23.5. The summed E-state index contributed by atoms with van der Waals surface area (Å²) in [7, 11) is 0. The molecule has 0 radical (unpaired) electrons. The van der Waals surface area contributed by atoms with Crippen molar-refractivity contribution in [3.63, 3.8) is 0 Å². The molecule has 8 heteroatoms. The van der Waals surface area contributed by atoms with Crippen molar-refractivity contribution in [1.29, 1.82) is 0 Å². The summed E-state index contributed by atoms with van der Waals surface area (Å²) in [4.78, 5) is 40.2. The number of aliphatic imine (C=N–C) groups is 1. The van der Waals surface area contributed by atoms with E-state index in [2.05, 4.69) is 0 Å². The van der Waals surface area contributed by atoms with Crippen LogP contribution in [0, 0.1) is 0 Å². The monoisotopic (exact) mass is 442 g/mol. The molecule has 0 amide bonds. The lowest BCUT2D eigenvalue weighted by molar-refractivity contribution is 0.0686. The van der Waals surface area contributed by atoms with E-state index in [0.29, 0.717) is 23.5 Å². The lowest BCUT2D eigenvalue weighted by Gasteiger charge is -2.27. The van der Waals surface area contributed by atoms with Gasteiger partial charge in [-0.05, 0) is 54.1 Å². The van der Waals surface area contributed by atoms with E-state index in [4.69, 9.17) is 20.3 Å². The minimum absolute atomic E-state index is 0.157. The first-order chi connectivity index (χ1) is 15.8. The lowest BCUT2D eigenvalue weighted by atomic mass is 10.0. The van der Waals surface area contributed by atoms with Crippen molar-refractivity contribution in [2.24, 2.45) is 4.99 Å². The Balaban J connectivity index is 1.74. The maximum absolute atomic E-state index is 11.2. The first-order valence-electron chi connectivity index (χ1n) is 9.88. The van der Waals surface area contributed by atoms with E-state index >= 15 is 0 Å². The molecule has 0 unspecified atom stereocenters. The van der Waals surface area contributed by atoms with Gasteiger partial charge in [-0.25, -0.2) is 19.4 Å². The number of benzene rings is 3. The van der Waals surface area contributed by atoms with Crippen LogP contribution in [-0.4, -0.2) is 45.5 Å². The molecule has 1 aliphatic heterocycles. The number of carbonyl (C=O) groups is 3. The van der Waals surface area contributed by atoms with Gasteiger partial charge in [-0.15, -0.1) is 0 Å². The van der Waals surface area contributed by atoms with Crippen LogP contribution < -0.4 is 4.90 Å². The second-order valence-corrected chi connectivity index (χ2v) is 7.32. The summed E-state index contributed by atoms with van der Waals surface area (Å²) in [6.45, 7) is 0.371. The Morgan fingerprint density at radius 2 is 1.06 bits per heavy atom. The van der Waals surface area contributed by atoms with Gasteiger partial charge in [0, 0.05) is 17.5 Å². The topological polar surface area (TPSA) is 128 Å². The molecule has 0 aliphatic carbocycles. The highest BCUT2D eigenvalue weighted by atomic mass is 16.4. The van der Waals surface area contributed by atoms with Gasteiger partial charge in [0.1, 0.15) is 0 Å². The first kappa shape index (κ1) is 21.5. The molecule has 3 N–H and O–H groups in total. The summed E-state index contributed by atoms with van der Waals surface area (Å²) in [5.74, 6) is -3.07. The van der Waals surface area contributed by atoms with Gasteiger partial charge in [0.25, 0.3) is 0 Å². The molecular weight excluding hydrogens is 424 g/mol. The molecule has 3 aromatic rings. The van der Waals surface area contributed by atoms with Crippen molar-refractivity contribution in [2.45, 2.75) is 0 Å². The van der Waals surface area contributed by atoms with E-state index in [-0.39, 0.29) is 16.7 Å². The molecule has 4 rings (SSSR count). The number of anilines is 1. The largest absolute Gasteiger partial charge is 0.478 e. The molecule has 0 saturated heterocycles. The van der Waals surface area contributed by atoms with E-state index < -0.39 is 17.9 Å². The van der Waals surface area contributed by atoms with E-state index in [1.165, 1.54) is 36.4 Å². The molecule has 3 aromatic carbocycles. The van der Waals surface area contributed by atoms with Gasteiger partial charge in [0.05, 0.1) is 34.6 Å². The van der Waals surface area contributed by atoms with Crippen LogP contribution in [0.1, 0.15) is 42.2 Å². The van der Waals surface area contributed by atoms with Crippen molar-refractivity contribution < 1.29 is 29.7 Å². The van der Waals surface area contributed by atoms with Crippen LogP contribution in [0.15, 0.2) is 84.0 Å². The molecule has 0 fully saturated rings. The Bertz CT molecular complexity index is 1290. The smallest absolute Gasteiger partial charge is 0.335 e. The molecule has 0 atom stereocenters. The molecule has 0 saturated carbocycles. The first-order valence-corrected chi connectivity index (χ1v) is 9.88. The van der Waals surface area contributed by atoms with E-state index in [9.17, 15) is 14.4 Å². The molecule has 0 bridgehead atoms. The van der Waals surface area contributed by atoms with Gasteiger partial charge in [-0.2, -0.15) is 0 Å². The van der Waals surface area contributed by atoms with Crippen LogP contribution in [0.5, 0.6) is 0 Å². The number of hydrogen-bond acceptors (Lipinski definition) is 5. The quantitative estimate of drug-likeness (QED) is 0.525. The number of carboxylic acids is 3. The average Bonchev–Trinajstić information content (AvgIpc) is 2.84. The number of aromatic carboxylic acids is 3. The van der Waals surface area contributed by atoms with Gasteiger partial charge in [0.15, 0.2) is 0 Å². The predicted molar refractivity (Wildman–Crippen MR) is 122 cm³/mol. The van der Waals surface area contributed by atoms with E-state index in [0.717, 1.165) is 11.3 Å². The van der Waals surface area contributed by atoms with E-state index in [1.54, 1.807) is 42.6 Å². The van der Waals surface area contributed by atoms with Crippen molar-refractivity contribution in [1.82, 2.24) is 0 Å². The van der Waals surface area contributed by atoms with Gasteiger partial charge in [0.2, 0.25) is 0 Å². The van der Waals surface area contributed by atoms with Crippen molar-refractivity contribution >= 4 is 35.0 Å². The standard InChI is InChI=1S/C25H18N2O6/c28-23(29)17-5-1-15(2-6-17)21-13-27(20-11-9-19(10-12-20)25(32)33)14-22(26-21)16-3-7-18(8-4-16)24(30)31/h1-13H,14H2,(H,28,29)(H,30,31)(H,32,33). The predicted octanol–water partition coefficient (Wildman–Crippen LogP) is 4.09. The van der Waals surface area contributed by atoms with Crippen LogP contribution in [0.3, 0.4) is 0 Å². The maximum Gasteiger partial charge on any atom is 0.335 e. The second-order valence-electron chi connectivity index (χ2n) is 7.32. The fraction of sp³-hybridized carbons (Fsp3) is 0.0400. The van der Waals surface area contributed by atoms with Gasteiger partial charge < -0.3 is 20.2 Å². The number of rotatable bonds is 6. The molecule has 8 nitrogen and oxygen atoms in total. The minimum atomic E-state index is -1.03. The van der Waals surface area contributed by atoms with Crippen LogP contribution >= 0.6 is 0 Å². The summed E-state index contributed by atoms with van der Waals surface area (Å²) >= 11 is 0. The average molecular weight is 442 g/mol. The Kier molecular flexibility index (Phi) is 5.73. The third kappa shape index (κ3) is 4.64. The lowest BCUT2D eigenvalue weighted by Crippen LogP contribution is -2.29. The van der Waals surface area contributed by atoms with Crippen molar-refractivity contribution in [3.8, 4) is 0 Å². The fourth-order valence-corrected chi connectivity index (χ4v) is 3.41. The highest BCUT2D eigenvalue weighted by molar-refractivity contribution is 6.08. The van der Waals surface area contributed by atoms with Crippen LogP contribution in [0.2, 0.25) is 0 Å². The van der Waals surface area contributed by atoms with Gasteiger partial charge >= 0.3 is 17.9 Å². The molecular formula is C25H18N2O6. The Morgan fingerprint density at radius 3 is 1.52 bits per heavy atom. The highest BCUT2D eigenvalue weighted by Gasteiger charge is 2.19. The molecule has 164 valence electrons. The van der Waals surface area contributed by atoms with E-state index in [1.807, 2.05) is 4.90 Å². The molecule has 1 heterocycles. The van der Waals surface area contributed by atoms with Crippen molar-refractivity contribution in [2.75, 3.05) is 11.4 Å². The number of carboxylic acid groups (broad SMARTS) is 3. The molecule has 0 aromatic heterocycles. The zero-order valence-electron chi connectivity index (χ0n) is 17.2. The Hall–Kier alpha value is -4.72. The normalized spacial score (nSPS) is 13.2. The molecule has 33 heavy (non-hydrogen) atoms. The van der Waals surface area contributed by atoms with Crippen LogP contribution in [0.25, 0.3) is 5.70 Å². The van der Waals surface area contributed by atoms with Gasteiger partial charge in [-0.1, -0.05) is 24.3 Å². The SMILES string of the molecule is O=C(O)c1ccc(C2=CN(c3ccc(C(=O)O)cc3)CC(c3ccc(C(=O)O)cc3)=N2)cc1. The third-order valence-corrected chi connectivity index (χ3v) is 5.19. The maximum atomic E-state index is 11.2. The number of nitrogens with zero attached hydrogens (tertiary/aromatic N) is 2. The molecule has 1 aliphatic rings. The van der Waals surface area contributed by atoms with Crippen molar-refractivity contribution in [3.05, 3.63) is 107 Å². The molecule has 0 spiro atoms. The fourth-order valence-electron chi connectivity index (χ4n) is 3.41. The minimum Gasteiger partial charge on any atom is -0.478 e. The third-order valence-electron chi connectivity index (χ3n) is 5.19. The summed E-state index contributed by atoms with van der Waals surface area (Å²) in [5, 5.41) is 27.5. The summed E-state index contributed by atoms with van der Waals surface area (Å²) in [6.07, 6.45) is 1.81. The Labute approximate surface area is 188 Å². The summed E-state index contributed by atoms with van der Waals surface area (Å²) in [5.41, 5.74) is 3.93. The van der Waals surface area contributed by atoms with Gasteiger partial charge in [-0.3, -0.25) is 0 Å². The number of hydrogen-bond donors (Lipinski definition) is 3.